The van der Waals surface area contributed by atoms with Crippen LogP contribution >= 0.6 is 23.1 Å². The fourth-order valence-electron chi connectivity index (χ4n) is 2.38. The van der Waals surface area contributed by atoms with Crippen LogP contribution in [0.5, 0.6) is 0 Å². The average Bonchev–Trinajstić information content (AvgIpc) is 2.54. The fourth-order valence-corrected chi connectivity index (χ4v) is 4.69. The summed E-state index contributed by atoms with van der Waals surface area (Å²) >= 11 is 4.03. The molecule has 1 aromatic rings. The maximum atomic E-state index is 3.72. The Bertz CT molecular complexity index is 362. The average molecular weight is 269 g/mol. The second kappa shape index (κ2) is 5.33. The van der Waals surface area contributed by atoms with E-state index < -0.39 is 0 Å². The maximum absolute atomic E-state index is 3.72. The van der Waals surface area contributed by atoms with Gasteiger partial charge in [-0.2, -0.15) is 11.8 Å². The largest absolute Gasteiger partial charge is 0.308 e. The molecule has 3 heteroatoms. The van der Waals surface area contributed by atoms with Crippen molar-refractivity contribution in [3.63, 3.8) is 0 Å². The molecule has 17 heavy (non-hydrogen) atoms. The lowest BCUT2D eigenvalue weighted by Gasteiger charge is -2.35. The minimum absolute atomic E-state index is 0.502. The Balaban J connectivity index is 1.86. The van der Waals surface area contributed by atoms with Crippen LogP contribution in [0.3, 0.4) is 0 Å². The van der Waals surface area contributed by atoms with Gasteiger partial charge >= 0.3 is 0 Å². The zero-order valence-electron chi connectivity index (χ0n) is 11.3. The smallest absolute Gasteiger partial charge is 0.0302 e. The standard InChI is InChI=1S/C14H23NS2/c1-10-5-13(17-11(10)2)7-15-12-6-14(3,4)9-16-8-12/h5,12,15H,6-9H2,1-4H3. The normalized spacial score (nSPS) is 23.9. The van der Waals surface area contributed by atoms with Gasteiger partial charge in [0.2, 0.25) is 0 Å². The van der Waals surface area contributed by atoms with E-state index in [4.69, 9.17) is 0 Å². The summed E-state index contributed by atoms with van der Waals surface area (Å²) in [6.07, 6.45) is 1.31. The molecule has 0 aliphatic carbocycles. The Morgan fingerprint density at radius 3 is 2.76 bits per heavy atom. The van der Waals surface area contributed by atoms with Gasteiger partial charge in [0, 0.05) is 28.1 Å². The molecular formula is C14H23NS2. The van der Waals surface area contributed by atoms with Crippen molar-refractivity contribution in [1.82, 2.24) is 5.32 Å². The molecule has 1 unspecified atom stereocenters. The van der Waals surface area contributed by atoms with Crippen molar-refractivity contribution in [2.75, 3.05) is 11.5 Å². The number of aryl methyl sites for hydroxylation is 2. The second-order valence-corrected chi connectivity index (χ2v) is 8.28. The van der Waals surface area contributed by atoms with E-state index in [9.17, 15) is 0 Å². The zero-order valence-corrected chi connectivity index (χ0v) is 12.9. The molecule has 96 valence electrons. The second-order valence-electron chi connectivity index (χ2n) is 5.91. The van der Waals surface area contributed by atoms with Crippen molar-refractivity contribution in [3.05, 3.63) is 21.4 Å². The Kier molecular flexibility index (Phi) is 4.22. The van der Waals surface area contributed by atoms with E-state index in [0.717, 1.165) is 6.54 Å². The van der Waals surface area contributed by atoms with E-state index in [2.05, 4.69) is 50.8 Å². The molecule has 1 atom stereocenters. The highest BCUT2D eigenvalue weighted by Gasteiger charge is 2.28. The number of hydrogen-bond donors (Lipinski definition) is 1. The van der Waals surface area contributed by atoms with Crippen LogP contribution in [-0.2, 0) is 6.54 Å². The van der Waals surface area contributed by atoms with Gasteiger partial charge in [-0.15, -0.1) is 11.3 Å². The lowest BCUT2D eigenvalue weighted by Crippen LogP contribution is -2.39. The Morgan fingerprint density at radius 2 is 2.18 bits per heavy atom. The Morgan fingerprint density at radius 1 is 1.41 bits per heavy atom. The van der Waals surface area contributed by atoms with E-state index in [1.54, 1.807) is 0 Å². The number of thioether (sulfide) groups is 1. The first-order valence-corrected chi connectivity index (χ1v) is 8.30. The SMILES string of the molecule is Cc1cc(CNC2CSCC(C)(C)C2)sc1C. The van der Waals surface area contributed by atoms with Crippen molar-refractivity contribution in [1.29, 1.82) is 0 Å². The van der Waals surface area contributed by atoms with Gasteiger partial charge in [-0.3, -0.25) is 0 Å². The zero-order chi connectivity index (χ0) is 12.5. The number of nitrogens with one attached hydrogen (secondary N) is 1. The van der Waals surface area contributed by atoms with E-state index in [1.165, 1.54) is 33.2 Å². The topological polar surface area (TPSA) is 12.0 Å². The molecule has 2 rings (SSSR count). The molecule has 0 aromatic carbocycles. The van der Waals surface area contributed by atoms with Crippen molar-refractivity contribution >= 4 is 23.1 Å². The molecule has 1 N–H and O–H groups in total. The van der Waals surface area contributed by atoms with Crippen LogP contribution in [0.1, 0.15) is 35.6 Å². The molecule has 1 aromatic heterocycles. The molecule has 0 radical (unpaired) electrons. The quantitative estimate of drug-likeness (QED) is 0.890. The van der Waals surface area contributed by atoms with Crippen LogP contribution in [0.25, 0.3) is 0 Å². The van der Waals surface area contributed by atoms with Gasteiger partial charge in [0.25, 0.3) is 0 Å². The first-order chi connectivity index (χ1) is 7.96. The predicted octanol–water partition coefficient (Wildman–Crippen LogP) is 3.99. The van der Waals surface area contributed by atoms with Gasteiger partial charge < -0.3 is 5.32 Å². The van der Waals surface area contributed by atoms with E-state index >= 15 is 0 Å². The Labute approximate surface area is 113 Å². The molecule has 1 aliphatic rings. The maximum Gasteiger partial charge on any atom is 0.0302 e. The first kappa shape index (κ1) is 13.4. The summed E-state index contributed by atoms with van der Waals surface area (Å²) in [5, 5.41) is 3.72. The third-order valence-corrected chi connectivity index (χ3v) is 6.17. The lowest BCUT2D eigenvalue weighted by molar-refractivity contribution is 0.318. The molecule has 0 amide bonds. The van der Waals surface area contributed by atoms with E-state index in [1.807, 2.05) is 11.3 Å². The number of thiophene rings is 1. The molecule has 1 fully saturated rings. The predicted molar refractivity (Wildman–Crippen MR) is 80.1 cm³/mol. The summed E-state index contributed by atoms with van der Waals surface area (Å²) in [7, 11) is 0. The van der Waals surface area contributed by atoms with Gasteiger partial charge in [0.1, 0.15) is 0 Å². The molecular weight excluding hydrogens is 246 g/mol. The molecule has 1 aliphatic heterocycles. The molecule has 0 bridgehead atoms. The van der Waals surface area contributed by atoms with Crippen LogP contribution in [0, 0.1) is 19.3 Å². The molecule has 1 saturated heterocycles. The fraction of sp³-hybridized carbons (Fsp3) is 0.714. The van der Waals surface area contributed by atoms with Gasteiger partial charge in [-0.05, 0) is 43.1 Å². The van der Waals surface area contributed by atoms with Crippen molar-refractivity contribution in [2.24, 2.45) is 5.41 Å². The highest BCUT2D eigenvalue weighted by atomic mass is 32.2. The highest BCUT2D eigenvalue weighted by molar-refractivity contribution is 7.99. The summed E-state index contributed by atoms with van der Waals surface area (Å²) in [5.41, 5.74) is 1.94. The van der Waals surface area contributed by atoms with Crippen LogP contribution in [-0.4, -0.2) is 17.5 Å². The summed E-state index contributed by atoms with van der Waals surface area (Å²) < 4.78 is 0. The van der Waals surface area contributed by atoms with E-state index in [-0.39, 0.29) is 0 Å². The monoisotopic (exact) mass is 269 g/mol. The van der Waals surface area contributed by atoms with Gasteiger partial charge in [-0.25, -0.2) is 0 Å². The van der Waals surface area contributed by atoms with Crippen LogP contribution < -0.4 is 5.32 Å². The third-order valence-electron chi connectivity index (χ3n) is 3.39. The minimum Gasteiger partial charge on any atom is -0.308 e. The third kappa shape index (κ3) is 3.73. The lowest BCUT2D eigenvalue weighted by atomic mass is 9.88. The number of hydrogen-bond acceptors (Lipinski definition) is 3. The van der Waals surface area contributed by atoms with Crippen molar-refractivity contribution < 1.29 is 0 Å². The molecule has 2 heterocycles. The number of rotatable bonds is 3. The van der Waals surface area contributed by atoms with E-state index in [0.29, 0.717) is 11.5 Å². The summed E-state index contributed by atoms with van der Waals surface area (Å²) in [5.74, 6) is 2.58. The summed E-state index contributed by atoms with van der Waals surface area (Å²) in [6.45, 7) is 10.2. The van der Waals surface area contributed by atoms with Crippen molar-refractivity contribution in [3.8, 4) is 0 Å². The Hall–Kier alpha value is 0.01000. The van der Waals surface area contributed by atoms with Gasteiger partial charge in [0.05, 0.1) is 0 Å². The summed E-state index contributed by atoms with van der Waals surface area (Å²) in [4.78, 5) is 2.94. The molecule has 0 saturated carbocycles. The van der Waals surface area contributed by atoms with Crippen LogP contribution in [0.4, 0.5) is 0 Å². The summed E-state index contributed by atoms with van der Waals surface area (Å²) in [6, 6.07) is 3.01. The minimum atomic E-state index is 0.502. The van der Waals surface area contributed by atoms with Gasteiger partial charge in [-0.1, -0.05) is 13.8 Å². The van der Waals surface area contributed by atoms with Crippen LogP contribution in [0.2, 0.25) is 0 Å². The van der Waals surface area contributed by atoms with Crippen molar-refractivity contribution in [2.45, 2.75) is 46.7 Å². The highest BCUT2D eigenvalue weighted by Crippen LogP contribution is 2.33. The molecule has 1 nitrogen and oxygen atoms in total. The van der Waals surface area contributed by atoms with Crippen LogP contribution in [0.15, 0.2) is 6.07 Å². The first-order valence-electron chi connectivity index (χ1n) is 6.33. The van der Waals surface area contributed by atoms with Gasteiger partial charge in [0.15, 0.2) is 0 Å². The molecule has 0 spiro atoms.